The summed E-state index contributed by atoms with van der Waals surface area (Å²) in [5.41, 5.74) is 6.30. The minimum Gasteiger partial charge on any atom is -0.345 e. The van der Waals surface area contributed by atoms with Gasteiger partial charge in [-0.05, 0) is 38.5 Å². The van der Waals surface area contributed by atoms with Crippen molar-refractivity contribution in [2.45, 2.75) is 33.7 Å². The SMILES string of the molecule is C=CCn1c(C)cc(-c2csc(CC(=O)Nc3ccccc3C)n2)c1C. The third-order valence-electron chi connectivity index (χ3n) is 4.44. The van der Waals surface area contributed by atoms with E-state index in [9.17, 15) is 4.79 Å². The molecule has 1 N–H and O–H groups in total. The summed E-state index contributed by atoms with van der Waals surface area (Å²) in [7, 11) is 0. The number of aryl methyl sites for hydroxylation is 2. The van der Waals surface area contributed by atoms with Crippen molar-refractivity contribution in [2.75, 3.05) is 5.32 Å². The van der Waals surface area contributed by atoms with Crippen molar-refractivity contribution in [3.05, 3.63) is 70.3 Å². The Morgan fingerprint density at radius 2 is 2.08 bits per heavy atom. The molecule has 0 aliphatic heterocycles. The highest BCUT2D eigenvalue weighted by molar-refractivity contribution is 7.10. The van der Waals surface area contributed by atoms with Gasteiger partial charge in [0.2, 0.25) is 5.91 Å². The zero-order chi connectivity index (χ0) is 18.7. The molecule has 0 atom stereocenters. The summed E-state index contributed by atoms with van der Waals surface area (Å²) in [5, 5.41) is 5.80. The maximum absolute atomic E-state index is 12.3. The average molecular weight is 366 g/mol. The number of nitrogens with one attached hydrogen (secondary N) is 1. The minimum atomic E-state index is -0.0441. The Bertz CT molecular complexity index is 952. The van der Waals surface area contributed by atoms with Crippen molar-refractivity contribution in [3.63, 3.8) is 0 Å². The Labute approximate surface area is 158 Å². The number of benzene rings is 1. The topological polar surface area (TPSA) is 46.9 Å². The lowest BCUT2D eigenvalue weighted by molar-refractivity contribution is -0.115. The molecule has 0 unspecified atom stereocenters. The maximum atomic E-state index is 12.3. The zero-order valence-electron chi connectivity index (χ0n) is 15.4. The van der Waals surface area contributed by atoms with Crippen LogP contribution in [0.3, 0.4) is 0 Å². The van der Waals surface area contributed by atoms with E-state index in [4.69, 9.17) is 0 Å². The van der Waals surface area contributed by atoms with Crippen LogP contribution in [0.1, 0.15) is 22.0 Å². The fraction of sp³-hybridized carbons (Fsp3) is 0.238. The lowest BCUT2D eigenvalue weighted by Crippen LogP contribution is -2.14. The smallest absolute Gasteiger partial charge is 0.231 e. The third kappa shape index (κ3) is 3.78. The fourth-order valence-electron chi connectivity index (χ4n) is 3.03. The van der Waals surface area contributed by atoms with Gasteiger partial charge in [0, 0.05) is 34.6 Å². The van der Waals surface area contributed by atoms with Crippen LogP contribution >= 0.6 is 11.3 Å². The second-order valence-corrected chi connectivity index (χ2v) is 7.29. The summed E-state index contributed by atoms with van der Waals surface area (Å²) in [6.45, 7) is 10.8. The number of nitrogens with zero attached hydrogens (tertiary/aromatic N) is 2. The van der Waals surface area contributed by atoms with Crippen molar-refractivity contribution >= 4 is 22.9 Å². The van der Waals surface area contributed by atoms with Crippen LogP contribution in [0.2, 0.25) is 0 Å². The van der Waals surface area contributed by atoms with Crippen molar-refractivity contribution in [1.82, 2.24) is 9.55 Å². The minimum absolute atomic E-state index is 0.0441. The Morgan fingerprint density at radius 3 is 2.81 bits per heavy atom. The van der Waals surface area contributed by atoms with Crippen LogP contribution in [0.4, 0.5) is 5.69 Å². The standard InChI is InChI=1S/C21H23N3OS/c1-5-10-24-15(3)11-17(16(24)4)19-13-26-21(23-19)12-20(25)22-18-9-7-6-8-14(18)2/h5-9,11,13H,1,10,12H2,2-4H3,(H,22,25). The summed E-state index contributed by atoms with van der Waals surface area (Å²) >= 11 is 1.52. The Morgan fingerprint density at radius 1 is 1.31 bits per heavy atom. The molecule has 0 bridgehead atoms. The number of allylic oxidation sites excluding steroid dienone is 1. The molecule has 0 saturated heterocycles. The van der Waals surface area contributed by atoms with E-state index >= 15 is 0 Å². The largest absolute Gasteiger partial charge is 0.345 e. The van der Waals surface area contributed by atoms with E-state index in [1.165, 1.54) is 22.7 Å². The van der Waals surface area contributed by atoms with Crippen LogP contribution < -0.4 is 5.32 Å². The van der Waals surface area contributed by atoms with Crippen molar-refractivity contribution in [3.8, 4) is 11.3 Å². The number of thiazole rings is 1. The molecule has 0 aliphatic rings. The normalized spacial score (nSPS) is 10.7. The first-order valence-corrected chi connectivity index (χ1v) is 9.45. The van der Waals surface area contributed by atoms with Gasteiger partial charge in [0.15, 0.2) is 0 Å². The summed E-state index contributed by atoms with van der Waals surface area (Å²) in [6, 6.07) is 9.92. The molecule has 0 aliphatic carbocycles. The van der Waals surface area contributed by atoms with Crippen LogP contribution in [0.5, 0.6) is 0 Å². The predicted molar refractivity (Wildman–Crippen MR) is 109 cm³/mol. The van der Waals surface area contributed by atoms with Crippen molar-refractivity contribution in [1.29, 1.82) is 0 Å². The molecule has 2 heterocycles. The van der Waals surface area contributed by atoms with Crippen LogP contribution in [0.25, 0.3) is 11.3 Å². The Balaban J connectivity index is 1.74. The molecule has 4 nitrogen and oxygen atoms in total. The van der Waals surface area contributed by atoms with Gasteiger partial charge in [-0.25, -0.2) is 4.98 Å². The second-order valence-electron chi connectivity index (χ2n) is 6.35. The van der Waals surface area contributed by atoms with Gasteiger partial charge in [-0.1, -0.05) is 24.3 Å². The van der Waals surface area contributed by atoms with E-state index < -0.39 is 0 Å². The lowest BCUT2D eigenvalue weighted by Gasteiger charge is -2.06. The molecule has 0 saturated carbocycles. The molecule has 26 heavy (non-hydrogen) atoms. The number of rotatable bonds is 6. The van der Waals surface area contributed by atoms with Crippen LogP contribution in [0.15, 0.2) is 48.4 Å². The summed E-state index contributed by atoms with van der Waals surface area (Å²) in [6.07, 6.45) is 2.18. The first-order valence-electron chi connectivity index (χ1n) is 8.57. The molecule has 0 spiro atoms. The van der Waals surface area contributed by atoms with Crippen LogP contribution in [0, 0.1) is 20.8 Å². The first-order chi connectivity index (χ1) is 12.5. The number of carbonyl (C=O) groups excluding carboxylic acids is 1. The van der Waals surface area contributed by atoms with E-state index in [2.05, 4.69) is 41.4 Å². The molecule has 3 aromatic rings. The predicted octanol–water partition coefficient (Wildman–Crippen LogP) is 4.90. The monoisotopic (exact) mass is 365 g/mol. The van der Waals surface area contributed by atoms with Gasteiger partial charge in [-0.2, -0.15) is 0 Å². The molecule has 0 fully saturated rings. The van der Waals surface area contributed by atoms with E-state index in [0.717, 1.165) is 34.1 Å². The van der Waals surface area contributed by atoms with Gasteiger partial charge in [0.1, 0.15) is 5.01 Å². The number of para-hydroxylation sites is 1. The molecule has 0 radical (unpaired) electrons. The van der Waals surface area contributed by atoms with Gasteiger partial charge in [0.05, 0.1) is 12.1 Å². The van der Waals surface area contributed by atoms with Crippen LogP contribution in [-0.4, -0.2) is 15.5 Å². The summed E-state index contributed by atoms with van der Waals surface area (Å²) < 4.78 is 2.21. The molecule has 134 valence electrons. The third-order valence-corrected chi connectivity index (χ3v) is 5.29. The molecule has 3 rings (SSSR count). The summed E-state index contributed by atoms with van der Waals surface area (Å²) in [5.74, 6) is -0.0441. The van der Waals surface area contributed by atoms with E-state index in [1.807, 2.05) is 42.6 Å². The number of carbonyl (C=O) groups is 1. The second kappa shape index (κ2) is 7.70. The van der Waals surface area contributed by atoms with Gasteiger partial charge in [-0.15, -0.1) is 17.9 Å². The van der Waals surface area contributed by atoms with Gasteiger partial charge in [0.25, 0.3) is 0 Å². The number of hydrogen-bond donors (Lipinski definition) is 1. The van der Waals surface area contributed by atoms with E-state index in [0.29, 0.717) is 0 Å². The van der Waals surface area contributed by atoms with E-state index in [1.54, 1.807) is 0 Å². The number of aromatic nitrogens is 2. The van der Waals surface area contributed by atoms with E-state index in [-0.39, 0.29) is 12.3 Å². The summed E-state index contributed by atoms with van der Waals surface area (Å²) in [4.78, 5) is 17.0. The van der Waals surface area contributed by atoms with Crippen molar-refractivity contribution in [2.24, 2.45) is 0 Å². The molecular weight excluding hydrogens is 342 g/mol. The fourth-order valence-corrected chi connectivity index (χ4v) is 3.82. The first kappa shape index (κ1) is 18.1. The average Bonchev–Trinajstić information content (AvgIpc) is 3.16. The lowest BCUT2D eigenvalue weighted by atomic mass is 10.2. The van der Waals surface area contributed by atoms with Gasteiger partial charge < -0.3 is 9.88 Å². The zero-order valence-corrected chi connectivity index (χ0v) is 16.2. The Kier molecular flexibility index (Phi) is 5.38. The molecule has 1 amide bonds. The highest BCUT2D eigenvalue weighted by Crippen LogP contribution is 2.28. The highest BCUT2D eigenvalue weighted by Gasteiger charge is 2.14. The number of anilines is 1. The molecular formula is C21H23N3OS. The Hall–Kier alpha value is -2.66. The van der Waals surface area contributed by atoms with Crippen LogP contribution in [-0.2, 0) is 17.8 Å². The van der Waals surface area contributed by atoms with Gasteiger partial charge in [-0.3, -0.25) is 4.79 Å². The maximum Gasteiger partial charge on any atom is 0.231 e. The molecule has 5 heteroatoms. The molecule has 2 aromatic heterocycles. The highest BCUT2D eigenvalue weighted by atomic mass is 32.1. The van der Waals surface area contributed by atoms with Gasteiger partial charge >= 0.3 is 0 Å². The number of amides is 1. The van der Waals surface area contributed by atoms with Crippen molar-refractivity contribution < 1.29 is 4.79 Å². The quantitative estimate of drug-likeness (QED) is 0.631. The number of hydrogen-bond acceptors (Lipinski definition) is 3. The molecule has 1 aromatic carbocycles.